The molecule has 0 bridgehead atoms. The molecule has 3 rings (SSSR count). The molecule has 1 aromatic carbocycles. The third kappa shape index (κ3) is 4.37. The maximum absolute atomic E-state index is 12.6. The summed E-state index contributed by atoms with van der Waals surface area (Å²) in [6.45, 7) is 5.58. The van der Waals surface area contributed by atoms with Gasteiger partial charge in [-0.05, 0) is 44.5 Å². The molecule has 0 aliphatic rings. The van der Waals surface area contributed by atoms with Crippen LogP contribution in [0.2, 0.25) is 10.0 Å². The second-order valence-corrected chi connectivity index (χ2v) is 8.56. The predicted octanol–water partition coefficient (Wildman–Crippen LogP) is 5.05. The van der Waals surface area contributed by atoms with Crippen LogP contribution in [-0.4, -0.2) is 25.9 Å². The minimum atomic E-state index is -0.366. The molecular weight excluding hydrogens is 419 g/mol. The first-order valence-corrected chi connectivity index (χ1v) is 10.3. The summed E-state index contributed by atoms with van der Waals surface area (Å²) in [6, 6.07) is 6.83. The molecule has 0 radical (unpaired) electrons. The number of furan rings is 1. The Morgan fingerprint density at radius 1 is 1.25 bits per heavy atom. The Bertz CT molecular complexity index is 1000. The fourth-order valence-corrected chi connectivity index (χ4v) is 4.14. The van der Waals surface area contributed by atoms with Gasteiger partial charge in [0.15, 0.2) is 11.0 Å². The maximum Gasteiger partial charge on any atom is 0.233 e. The van der Waals surface area contributed by atoms with Crippen molar-refractivity contribution < 1.29 is 9.21 Å². The van der Waals surface area contributed by atoms with Gasteiger partial charge in [0.2, 0.25) is 5.91 Å². The summed E-state index contributed by atoms with van der Waals surface area (Å²) < 4.78 is 7.19. The van der Waals surface area contributed by atoms with Gasteiger partial charge in [-0.25, -0.2) is 0 Å². The number of benzene rings is 1. The number of aromatic nitrogens is 3. The van der Waals surface area contributed by atoms with Gasteiger partial charge in [-0.1, -0.05) is 41.0 Å². The highest BCUT2D eigenvalue weighted by atomic mass is 35.5. The topological polar surface area (TPSA) is 72.9 Å². The smallest absolute Gasteiger partial charge is 0.233 e. The van der Waals surface area contributed by atoms with Crippen LogP contribution in [0.15, 0.2) is 40.1 Å². The molecule has 0 aliphatic heterocycles. The SMILES string of the molecule is Cc1occc1-c1nnc(S[C@@H](C)C(=O)N[C@H](C)c2ccc(Cl)cc2Cl)n1C. The van der Waals surface area contributed by atoms with E-state index >= 15 is 0 Å². The van der Waals surface area contributed by atoms with E-state index in [1.807, 2.05) is 44.5 Å². The Kier molecular flexibility index (Phi) is 6.37. The molecule has 2 aromatic heterocycles. The number of nitrogens with zero attached hydrogens (tertiary/aromatic N) is 3. The van der Waals surface area contributed by atoms with Gasteiger partial charge in [-0.15, -0.1) is 10.2 Å². The van der Waals surface area contributed by atoms with Crippen LogP contribution < -0.4 is 5.32 Å². The summed E-state index contributed by atoms with van der Waals surface area (Å²) in [5.41, 5.74) is 1.69. The summed E-state index contributed by atoms with van der Waals surface area (Å²) in [5, 5.41) is 12.8. The van der Waals surface area contributed by atoms with Crippen LogP contribution in [0, 0.1) is 6.92 Å². The van der Waals surface area contributed by atoms with Crippen molar-refractivity contribution >= 4 is 40.9 Å². The van der Waals surface area contributed by atoms with Gasteiger partial charge in [0.1, 0.15) is 5.76 Å². The largest absolute Gasteiger partial charge is 0.469 e. The molecule has 3 aromatic rings. The molecule has 2 heterocycles. The number of aryl methyl sites for hydroxylation is 1. The summed E-state index contributed by atoms with van der Waals surface area (Å²) in [4.78, 5) is 12.6. The molecule has 2 atom stereocenters. The number of nitrogens with one attached hydrogen (secondary N) is 1. The first-order valence-electron chi connectivity index (χ1n) is 8.63. The molecule has 0 unspecified atom stereocenters. The van der Waals surface area contributed by atoms with Crippen molar-refractivity contribution in [1.29, 1.82) is 0 Å². The van der Waals surface area contributed by atoms with Crippen LogP contribution in [0.4, 0.5) is 0 Å². The number of carbonyl (C=O) groups excluding carboxylic acids is 1. The highest BCUT2D eigenvalue weighted by molar-refractivity contribution is 8.00. The van der Waals surface area contributed by atoms with Gasteiger partial charge in [-0.3, -0.25) is 4.79 Å². The normalized spacial score (nSPS) is 13.4. The van der Waals surface area contributed by atoms with Crippen molar-refractivity contribution in [2.75, 3.05) is 0 Å². The van der Waals surface area contributed by atoms with E-state index in [2.05, 4.69) is 15.5 Å². The second kappa shape index (κ2) is 8.59. The van der Waals surface area contributed by atoms with Gasteiger partial charge < -0.3 is 14.3 Å². The maximum atomic E-state index is 12.6. The number of hydrogen-bond acceptors (Lipinski definition) is 5. The van der Waals surface area contributed by atoms with Crippen LogP contribution in [0.3, 0.4) is 0 Å². The fraction of sp³-hybridized carbons (Fsp3) is 0.316. The molecule has 0 aliphatic carbocycles. The molecule has 0 fully saturated rings. The van der Waals surface area contributed by atoms with Crippen molar-refractivity contribution in [3.63, 3.8) is 0 Å². The Hall–Kier alpha value is -1.96. The summed E-state index contributed by atoms with van der Waals surface area (Å²) in [5.74, 6) is 1.35. The lowest BCUT2D eigenvalue weighted by Crippen LogP contribution is -2.33. The van der Waals surface area contributed by atoms with E-state index in [0.29, 0.717) is 21.0 Å². The lowest BCUT2D eigenvalue weighted by atomic mass is 10.1. The molecule has 1 N–H and O–H groups in total. The van der Waals surface area contributed by atoms with Crippen molar-refractivity contribution in [3.8, 4) is 11.4 Å². The zero-order valence-electron chi connectivity index (χ0n) is 15.9. The van der Waals surface area contributed by atoms with Crippen molar-refractivity contribution in [2.45, 2.75) is 37.2 Å². The molecule has 148 valence electrons. The molecule has 0 spiro atoms. The Labute approximate surface area is 177 Å². The molecule has 28 heavy (non-hydrogen) atoms. The first-order chi connectivity index (χ1) is 13.3. The van der Waals surface area contributed by atoms with E-state index in [1.54, 1.807) is 18.4 Å². The molecule has 6 nitrogen and oxygen atoms in total. The quantitative estimate of drug-likeness (QED) is 0.545. The van der Waals surface area contributed by atoms with Gasteiger partial charge in [0, 0.05) is 17.1 Å². The Morgan fingerprint density at radius 2 is 2.00 bits per heavy atom. The minimum Gasteiger partial charge on any atom is -0.469 e. The number of carbonyl (C=O) groups is 1. The summed E-state index contributed by atoms with van der Waals surface area (Å²) in [7, 11) is 1.87. The Balaban J connectivity index is 1.68. The van der Waals surface area contributed by atoms with E-state index in [1.165, 1.54) is 11.8 Å². The van der Waals surface area contributed by atoms with Crippen LogP contribution >= 0.6 is 35.0 Å². The van der Waals surface area contributed by atoms with E-state index in [4.69, 9.17) is 27.6 Å². The van der Waals surface area contributed by atoms with Crippen LogP contribution in [0.5, 0.6) is 0 Å². The van der Waals surface area contributed by atoms with Crippen LogP contribution in [-0.2, 0) is 11.8 Å². The average Bonchev–Trinajstić information content (AvgIpc) is 3.20. The summed E-state index contributed by atoms with van der Waals surface area (Å²) in [6.07, 6.45) is 1.62. The Morgan fingerprint density at radius 3 is 2.64 bits per heavy atom. The monoisotopic (exact) mass is 438 g/mol. The lowest BCUT2D eigenvalue weighted by molar-refractivity contribution is -0.120. The van der Waals surface area contributed by atoms with Crippen LogP contribution in [0.1, 0.15) is 31.2 Å². The average molecular weight is 439 g/mol. The van der Waals surface area contributed by atoms with E-state index in [9.17, 15) is 4.79 Å². The standard InChI is InChI=1S/C19H20Cl2N4O2S/c1-10(14-6-5-13(20)9-16(14)21)22-18(26)12(3)28-19-24-23-17(25(19)4)15-7-8-27-11(15)2/h5-10,12H,1-4H3,(H,22,26)/t10-,12+/m1/s1. The summed E-state index contributed by atoms with van der Waals surface area (Å²) >= 11 is 13.5. The van der Waals surface area contributed by atoms with E-state index < -0.39 is 0 Å². The number of hydrogen-bond donors (Lipinski definition) is 1. The number of halogens is 2. The zero-order chi connectivity index (χ0) is 20.4. The highest BCUT2D eigenvalue weighted by Gasteiger charge is 2.22. The fourth-order valence-electron chi connectivity index (χ4n) is 2.74. The first kappa shape index (κ1) is 20.8. The lowest BCUT2D eigenvalue weighted by Gasteiger charge is -2.18. The van der Waals surface area contributed by atoms with Gasteiger partial charge >= 0.3 is 0 Å². The van der Waals surface area contributed by atoms with Crippen molar-refractivity contribution in [3.05, 3.63) is 51.9 Å². The van der Waals surface area contributed by atoms with Crippen molar-refractivity contribution in [2.24, 2.45) is 7.05 Å². The van der Waals surface area contributed by atoms with Crippen molar-refractivity contribution in [1.82, 2.24) is 20.1 Å². The minimum absolute atomic E-state index is 0.118. The number of thioether (sulfide) groups is 1. The third-order valence-corrected chi connectivity index (χ3v) is 6.07. The third-order valence-electron chi connectivity index (χ3n) is 4.37. The molecular formula is C19H20Cl2N4O2S. The van der Waals surface area contributed by atoms with Gasteiger partial charge in [-0.2, -0.15) is 0 Å². The molecule has 0 saturated carbocycles. The zero-order valence-corrected chi connectivity index (χ0v) is 18.2. The number of amides is 1. The molecule has 0 saturated heterocycles. The molecule has 9 heteroatoms. The van der Waals surface area contributed by atoms with E-state index in [0.717, 1.165) is 16.9 Å². The van der Waals surface area contributed by atoms with Gasteiger partial charge in [0.25, 0.3) is 0 Å². The van der Waals surface area contributed by atoms with E-state index in [-0.39, 0.29) is 17.2 Å². The number of rotatable bonds is 6. The highest BCUT2D eigenvalue weighted by Crippen LogP contribution is 2.29. The molecule has 1 amide bonds. The predicted molar refractivity (Wildman–Crippen MR) is 112 cm³/mol. The second-order valence-electron chi connectivity index (χ2n) is 6.41. The van der Waals surface area contributed by atoms with Gasteiger partial charge in [0.05, 0.1) is 23.1 Å². The van der Waals surface area contributed by atoms with Crippen LogP contribution in [0.25, 0.3) is 11.4 Å².